The van der Waals surface area contributed by atoms with Gasteiger partial charge >= 0.3 is 0 Å². The van der Waals surface area contributed by atoms with Crippen molar-refractivity contribution in [1.82, 2.24) is 9.97 Å². The number of carbonyl (C=O) groups excluding carboxylic acids is 1. The number of anilines is 1. The largest absolute Gasteiger partial charge is 0.497 e. The van der Waals surface area contributed by atoms with Crippen LogP contribution < -0.4 is 14.8 Å². The number of carbonyl (C=O) groups is 1. The summed E-state index contributed by atoms with van der Waals surface area (Å²) >= 11 is 1.70. The number of methoxy groups -OCH3 is 1. The van der Waals surface area contributed by atoms with Crippen molar-refractivity contribution in [3.63, 3.8) is 0 Å². The minimum atomic E-state index is -0.244. The van der Waals surface area contributed by atoms with Crippen molar-refractivity contribution in [3.05, 3.63) is 41.0 Å². The molecule has 0 unspecified atom stereocenters. The van der Waals surface area contributed by atoms with Gasteiger partial charge in [-0.05, 0) is 37.0 Å². The van der Waals surface area contributed by atoms with E-state index in [-0.39, 0.29) is 12.5 Å². The molecule has 7 heteroatoms. The minimum Gasteiger partial charge on any atom is -0.497 e. The molecule has 0 atom stereocenters. The molecule has 1 aliphatic rings. The summed E-state index contributed by atoms with van der Waals surface area (Å²) in [5.74, 6) is 0.933. The summed E-state index contributed by atoms with van der Waals surface area (Å²) in [5, 5.41) is 3.76. The molecule has 0 saturated carbocycles. The molecule has 0 fully saturated rings. The van der Waals surface area contributed by atoms with Gasteiger partial charge in [0.25, 0.3) is 5.91 Å². The molecule has 4 rings (SSSR count). The second kappa shape index (κ2) is 6.68. The van der Waals surface area contributed by atoms with Crippen LogP contribution in [0.5, 0.6) is 11.6 Å². The van der Waals surface area contributed by atoms with Gasteiger partial charge in [-0.15, -0.1) is 11.3 Å². The van der Waals surface area contributed by atoms with E-state index in [2.05, 4.69) is 15.3 Å². The molecule has 2 aromatic heterocycles. The maximum atomic E-state index is 12.2. The van der Waals surface area contributed by atoms with Gasteiger partial charge in [-0.1, -0.05) is 6.07 Å². The third-order valence-electron chi connectivity index (χ3n) is 4.16. The Balaban J connectivity index is 1.48. The molecule has 1 amide bonds. The highest BCUT2D eigenvalue weighted by Gasteiger charge is 2.22. The molecule has 1 aromatic carbocycles. The van der Waals surface area contributed by atoms with Gasteiger partial charge in [0, 0.05) is 16.6 Å². The van der Waals surface area contributed by atoms with E-state index in [1.807, 2.05) is 12.1 Å². The van der Waals surface area contributed by atoms with Crippen molar-refractivity contribution in [2.45, 2.75) is 19.3 Å². The monoisotopic (exact) mass is 355 g/mol. The van der Waals surface area contributed by atoms with Crippen LogP contribution in [0.25, 0.3) is 10.2 Å². The van der Waals surface area contributed by atoms with Crippen molar-refractivity contribution in [2.75, 3.05) is 19.0 Å². The fraction of sp³-hybridized carbons (Fsp3) is 0.278. The maximum Gasteiger partial charge on any atom is 0.262 e. The van der Waals surface area contributed by atoms with Crippen LogP contribution in [0.2, 0.25) is 0 Å². The predicted octanol–water partition coefficient (Wildman–Crippen LogP) is 3.21. The summed E-state index contributed by atoms with van der Waals surface area (Å²) < 4.78 is 10.9. The standard InChI is InChI=1S/C18H17N3O3S/c1-23-12-5-2-4-11(8-12)21-15(22)9-24-17-16-13-6-3-7-14(13)25-18(16)20-10-19-17/h2,4-5,8,10H,3,6-7,9H2,1H3,(H,21,22). The Morgan fingerprint density at radius 1 is 1.32 bits per heavy atom. The first kappa shape index (κ1) is 15.8. The minimum absolute atomic E-state index is 0.103. The number of fused-ring (bicyclic) bond motifs is 3. The number of rotatable bonds is 5. The van der Waals surface area contributed by atoms with Gasteiger partial charge in [0.15, 0.2) is 6.61 Å². The van der Waals surface area contributed by atoms with E-state index >= 15 is 0 Å². The number of aryl methyl sites for hydroxylation is 2. The van der Waals surface area contributed by atoms with Gasteiger partial charge in [-0.25, -0.2) is 9.97 Å². The number of hydrogen-bond donors (Lipinski definition) is 1. The van der Waals surface area contributed by atoms with Crippen molar-refractivity contribution in [3.8, 4) is 11.6 Å². The second-order valence-electron chi connectivity index (χ2n) is 5.79. The fourth-order valence-electron chi connectivity index (χ4n) is 3.04. The fourth-order valence-corrected chi connectivity index (χ4v) is 4.26. The summed E-state index contributed by atoms with van der Waals surface area (Å²) in [6.45, 7) is -0.103. The normalized spacial score (nSPS) is 12.8. The lowest BCUT2D eigenvalue weighted by atomic mass is 10.2. The van der Waals surface area contributed by atoms with E-state index in [0.29, 0.717) is 17.3 Å². The Kier molecular flexibility index (Phi) is 4.23. The molecule has 0 aliphatic heterocycles. The van der Waals surface area contributed by atoms with Gasteiger partial charge < -0.3 is 14.8 Å². The number of thiophene rings is 1. The number of benzene rings is 1. The Labute approximate surface area is 148 Å². The molecular formula is C18H17N3O3S. The van der Waals surface area contributed by atoms with Crippen LogP contribution in [0.1, 0.15) is 16.9 Å². The van der Waals surface area contributed by atoms with Gasteiger partial charge in [-0.2, -0.15) is 0 Å². The molecule has 2 heterocycles. The Bertz CT molecular complexity index is 938. The van der Waals surface area contributed by atoms with Crippen LogP contribution in [-0.2, 0) is 17.6 Å². The number of nitrogens with one attached hydrogen (secondary N) is 1. The Morgan fingerprint density at radius 2 is 2.24 bits per heavy atom. The summed E-state index contributed by atoms with van der Waals surface area (Å²) in [5.41, 5.74) is 1.95. The van der Waals surface area contributed by atoms with Crippen molar-refractivity contribution in [1.29, 1.82) is 0 Å². The van der Waals surface area contributed by atoms with Crippen LogP contribution in [0.4, 0.5) is 5.69 Å². The molecule has 128 valence electrons. The first-order valence-corrected chi connectivity index (χ1v) is 8.88. The zero-order valence-electron chi connectivity index (χ0n) is 13.7. The van der Waals surface area contributed by atoms with Crippen LogP contribution in [0.15, 0.2) is 30.6 Å². The average molecular weight is 355 g/mol. The number of nitrogens with zero attached hydrogens (tertiary/aromatic N) is 2. The van der Waals surface area contributed by atoms with Crippen LogP contribution in [0.3, 0.4) is 0 Å². The predicted molar refractivity (Wildman–Crippen MR) is 96.6 cm³/mol. The first-order valence-electron chi connectivity index (χ1n) is 8.06. The lowest BCUT2D eigenvalue weighted by Crippen LogP contribution is -2.20. The highest BCUT2D eigenvalue weighted by atomic mass is 32.1. The summed E-state index contributed by atoms with van der Waals surface area (Å²) in [4.78, 5) is 23.0. The Morgan fingerprint density at radius 3 is 3.12 bits per heavy atom. The maximum absolute atomic E-state index is 12.2. The number of aromatic nitrogens is 2. The molecule has 0 radical (unpaired) electrons. The SMILES string of the molecule is COc1cccc(NC(=O)COc2ncnc3sc4c(c23)CCC4)c1. The highest BCUT2D eigenvalue weighted by molar-refractivity contribution is 7.18. The third-order valence-corrected chi connectivity index (χ3v) is 5.36. The molecule has 1 aliphatic carbocycles. The van der Waals surface area contributed by atoms with Crippen molar-refractivity contribution in [2.24, 2.45) is 0 Å². The average Bonchev–Trinajstić information content (AvgIpc) is 3.21. The smallest absolute Gasteiger partial charge is 0.262 e. The van der Waals surface area contributed by atoms with Gasteiger partial charge in [0.05, 0.1) is 12.5 Å². The van der Waals surface area contributed by atoms with Gasteiger partial charge in [0.1, 0.15) is 16.9 Å². The Hall–Kier alpha value is -2.67. The first-order chi connectivity index (χ1) is 12.2. The van der Waals surface area contributed by atoms with E-state index < -0.39 is 0 Å². The third kappa shape index (κ3) is 3.15. The molecule has 0 saturated heterocycles. The van der Waals surface area contributed by atoms with Gasteiger partial charge in [-0.3, -0.25) is 4.79 Å². The van der Waals surface area contributed by atoms with E-state index in [0.717, 1.165) is 29.5 Å². The van der Waals surface area contributed by atoms with Crippen LogP contribution in [0, 0.1) is 0 Å². The van der Waals surface area contributed by atoms with E-state index in [1.165, 1.54) is 16.8 Å². The lowest BCUT2D eigenvalue weighted by Gasteiger charge is -2.09. The molecule has 0 spiro atoms. The number of amides is 1. The van der Waals surface area contributed by atoms with Gasteiger partial charge in [0.2, 0.25) is 5.88 Å². The van der Waals surface area contributed by atoms with E-state index in [4.69, 9.17) is 9.47 Å². The molecule has 6 nitrogen and oxygen atoms in total. The zero-order chi connectivity index (χ0) is 17.2. The number of hydrogen-bond acceptors (Lipinski definition) is 6. The van der Waals surface area contributed by atoms with E-state index in [9.17, 15) is 4.79 Å². The molecule has 1 N–H and O–H groups in total. The second-order valence-corrected chi connectivity index (χ2v) is 6.87. The summed E-state index contributed by atoms with van der Waals surface area (Å²) in [6.07, 6.45) is 4.76. The summed E-state index contributed by atoms with van der Waals surface area (Å²) in [7, 11) is 1.59. The topological polar surface area (TPSA) is 73.3 Å². The molecule has 3 aromatic rings. The zero-order valence-corrected chi connectivity index (χ0v) is 14.6. The van der Waals surface area contributed by atoms with Crippen LogP contribution in [-0.4, -0.2) is 29.6 Å². The quantitative estimate of drug-likeness (QED) is 0.761. The summed E-state index contributed by atoms with van der Waals surface area (Å²) in [6, 6.07) is 7.19. The number of ether oxygens (including phenoxy) is 2. The molecule has 0 bridgehead atoms. The molecule has 25 heavy (non-hydrogen) atoms. The lowest BCUT2D eigenvalue weighted by molar-refractivity contribution is -0.118. The molecular weight excluding hydrogens is 338 g/mol. The van der Waals surface area contributed by atoms with Crippen molar-refractivity contribution >= 4 is 33.1 Å². The van der Waals surface area contributed by atoms with E-state index in [1.54, 1.807) is 30.6 Å². The van der Waals surface area contributed by atoms with Crippen LogP contribution >= 0.6 is 11.3 Å². The van der Waals surface area contributed by atoms with Crippen molar-refractivity contribution < 1.29 is 14.3 Å². The highest BCUT2D eigenvalue weighted by Crippen LogP contribution is 2.39.